The highest BCUT2D eigenvalue weighted by Gasteiger charge is 2.27. The minimum absolute atomic E-state index is 0.162. The van der Waals surface area contributed by atoms with Crippen molar-refractivity contribution in [1.82, 2.24) is 5.32 Å². The van der Waals surface area contributed by atoms with Gasteiger partial charge in [0.05, 0.1) is 13.2 Å². The molecule has 0 atom stereocenters. The Hall–Kier alpha value is -1.55. The monoisotopic (exact) mass is 375 g/mol. The molecule has 0 unspecified atom stereocenters. The van der Waals surface area contributed by atoms with Crippen LogP contribution in [0.25, 0.3) is 0 Å². The van der Waals surface area contributed by atoms with Crippen LogP contribution in [0.5, 0.6) is 5.75 Å². The van der Waals surface area contributed by atoms with E-state index in [0.717, 1.165) is 38.2 Å². The van der Waals surface area contributed by atoms with Gasteiger partial charge in [-0.25, -0.2) is 0 Å². The van der Waals surface area contributed by atoms with Gasteiger partial charge in [-0.05, 0) is 41.4 Å². The Balaban J connectivity index is 1.75. The van der Waals surface area contributed by atoms with Gasteiger partial charge in [0.2, 0.25) is 0 Å². The fourth-order valence-electron chi connectivity index (χ4n) is 4.06. The Morgan fingerprint density at radius 2 is 1.74 bits per heavy atom. The predicted octanol–water partition coefficient (Wildman–Crippen LogP) is 4.22. The van der Waals surface area contributed by atoms with Crippen LogP contribution in [0.4, 0.5) is 0 Å². The van der Waals surface area contributed by atoms with Crippen molar-refractivity contribution >= 4 is 5.84 Å². The average Bonchev–Trinajstić information content (AvgIpc) is 3.00. The number of nitrogens with zero attached hydrogens (tertiary/aromatic N) is 1. The Morgan fingerprint density at radius 3 is 2.37 bits per heavy atom. The van der Waals surface area contributed by atoms with E-state index in [0.29, 0.717) is 25.2 Å². The van der Waals surface area contributed by atoms with E-state index in [1.54, 1.807) is 0 Å². The zero-order valence-electron chi connectivity index (χ0n) is 18.2. The van der Waals surface area contributed by atoms with Gasteiger partial charge in [-0.2, -0.15) is 0 Å². The normalized spacial score (nSPS) is 15.2. The van der Waals surface area contributed by atoms with E-state index >= 15 is 0 Å². The summed E-state index contributed by atoms with van der Waals surface area (Å²) in [6, 6.07) is 8.55. The molecule has 27 heavy (non-hydrogen) atoms. The van der Waals surface area contributed by atoms with E-state index in [4.69, 9.17) is 9.47 Å². The lowest BCUT2D eigenvalue weighted by atomic mass is 9.72. The smallest absolute Gasteiger partial charge is 0.271 e. The first-order chi connectivity index (χ1) is 12.7. The van der Waals surface area contributed by atoms with Gasteiger partial charge in [-0.1, -0.05) is 53.7 Å². The van der Waals surface area contributed by atoms with Crippen molar-refractivity contribution < 1.29 is 14.0 Å². The summed E-state index contributed by atoms with van der Waals surface area (Å²) in [5.74, 6) is 2.12. The molecule has 0 saturated heterocycles. The average molecular weight is 376 g/mol. The standard InChI is InChI=1S/C23H38N2O2/c1-7-13-25-14-12-24-21(25)17-26-15-16-27-20-10-8-19(9-11-20)23(5,6)18-22(2,3)4/h8-11H,7,12-18H2,1-6H3/p+1. The zero-order chi connectivity index (χ0) is 19.9. The van der Waals surface area contributed by atoms with Crippen molar-refractivity contribution in [3.8, 4) is 5.75 Å². The molecule has 1 heterocycles. The van der Waals surface area contributed by atoms with Crippen LogP contribution in [-0.2, 0) is 10.2 Å². The van der Waals surface area contributed by atoms with Crippen LogP contribution in [0.15, 0.2) is 24.3 Å². The quantitative estimate of drug-likeness (QED) is 0.491. The van der Waals surface area contributed by atoms with Gasteiger partial charge in [0.25, 0.3) is 5.84 Å². The third-order valence-corrected chi connectivity index (χ3v) is 4.93. The summed E-state index contributed by atoms with van der Waals surface area (Å²) >= 11 is 0. The summed E-state index contributed by atoms with van der Waals surface area (Å²) < 4.78 is 14.0. The maximum Gasteiger partial charge on any atom is 0.271 e. The Labute approximate surface area is 166 Å². The first-order valence-electron chi connectivity index (χ1n) is 10.4. The molecular weight excluding hydrogens is 336 g/mol. The molecule has 4 heteroatoms. The molecule has 0 spiro atoms. The molecule has 0 amide bonds. The van der Waals surface area contributed by atoms with E-state index in [1.807, 2.05) is 0 Å². The van der Waals surface area contributed by atoms with Crippen LogP contribution in [0, 0.1) is 5.41 Å². The molecule has 0 saturated carbocycles. The summed E-state index contributed by atoms with van der Waals surface area (Å²) in [6.45, 7) is 18.8. The fourth-order valence-corrected chi connectivity index (χ4v) is 4.06. The lowest BCUT2D eigenvalue weighted by Crippen LogP contribution is -2.29. The van der Waals surface area contributed by atoms with Gasteiger partial charge in [-0.3, -0.25) is 9.89 Å². The molecule has 2 rings (SSSR count). The van der Waals surface area contributed by atoms with Crippen molar-refractivity contribution in [2.45, 2.75) is 59.8 Å². The summed E-state index contributed by atoms with van der Waals surface area (Å²) in [5, 5.41) is 3.41. The SMILES string of the molecule is CCC[N+]1=C(COCCOc2ccc(C(C)(C)CC(C)(C)C)cc2)NCC1. The highest BCUT2D eigenvalue weighted by Crippen LogP contribution is 2.36. The minimum Gasteiger partial charge on any atom is -0.491 e. The number of ether oxygens (including phenoxy) is 2. The maximum atomic E-state index is 5.85. The van der Waals surface area contributed by atoms with Crippen molar-refractivity contribution in [1.29, 1.82) is 0 Å². The topological polar surface area (TPSA) is 33.5 Å². The Morgan fingerprint density at radius 1 is 1.04 bits per heavy atom. The van der Waals surface area contributed by atoms with Crippen molar-refractivity contribution in [2.75, 3.05) is 39.5 Å². The van der Waals surface area contributed by atoms with Crippen LogP contribution in [-0.4, -0.2) is 49.9 Å². The maximum absolute atomic E-state index is 5.85. The second-order valence-corrected chi connectivity index (χ2v) is 9.41. The molecule has 0 bridgehead atoms. The van der Waals surface area contributed by atoms with Crippen molar-refractivity contribution in [3.05, 3.63) is 29.8 Å². The molecule has 1 N–H and O–H groups in total. The largest absolute Gasteiger partial charge is 0.491 e. The molecule has 1 aromatic rings. The first kappa shape index (κ1) is 21.7. The molecule has 0 fully saturated rings. The third kappa shape index (κ3) is 7.17. The summed E-state index contributed by atoms with van der Waals surface area (Å²) in [5.41, 5.74) is 1.84. The van der Waals surface area contributed by atoms with Crippen molar-refractivity contribution in [3.63, 3.8) is 0 Å². The second-order valence-electron chi connectivity index (χ2n) is 9.41. The number of hydrogen-bond donors (Lipinski definition) is 1. The predicted molar refractivity (Wildman–Crippen MR) is 113 cm³/mol. The first-order valence-corrected chi connectivity index (χ1v) is 10.4. The molecule has 1 aliphatic heterocycles. The molecule has 0 aliphatic carbocycles. The second kappa shape index (κ2) is 9.59. The van der Waals surface area contributed by atoms with Crippen LogP contribution in [0.3, 0.4) is 0 Å². The number of hydrogen-bond acceptors (Lipinski definition) is 3. The molecule has 0 radical (unpaired) electrons. The number of nitrogens with one attached hydrogen (secondary N) is 1. The summed E-state index contributed by atoms with van der Waals surface area (Å²) in [6.07, 6.45) is 2.31. The minimum atomic E-state index is 0.162. The van der Waals surface area contributed by atoms with E-state index in [9.17, 15) is 0 Å². The van der Waals surface area contributed by atoms with Crippen LogP contribution in [0.2, 0.25) is 0 Å². The fraction of sp³-hybridized carbons (Fsp3) is 0.696. The highest BCUT2D eigenvalue weighted by atomic mass is 16.5. The van der Waals surface area contributed by atoms with Gasteiger partial charge in [0.1, 0.15) is 32.1 Å². The van der Waals surface area contributed by atoms with Gasteiger partial charge in [0, 0.05) is 0 Å². The van der Waals surface area contributed by atoms with Crippen LogP contribution < -0.4 is 10.1 Å². The van der Waals surface area contributed by atoms with Gasteiger partial charge >= 0.3 is 0 Å². The van der Waals surface area contributed by atoms with E-state index in [1.165, 1.54) is 11.4 Å². The lowest BCUT2D eigenvalue weighted by Gasteiger charge is -2.33. The number of benzene rings is 1. The van der Waals surface area contributed by atoms with Gasteiger partial charge in [0.15, 0.2) is 0 Å². The molecule has 152 valence electrons. The van der Waals surface area contributed by atoms with E-state index < -0.39 is 0 Å². The number of rotatable bonds is 10. The summed E-state index contributed by atoms with van der Waals surface area (Å²) in [7, 11) is 0. The third-order valence-electron chi connectivity index (χ3n) is 4.93. The molecule has 4 nitrogen and oxygen atoms in total. The summed E-state index contributed by atoms with van der Waals surface area (Å²) in [4.78, 5) is 0. The Kier molecular flexibility index (Phi) is 7.72. The number of amidine groups is 1. The molecule has 1 aromatic carbocycles. The highest BCUT2D eigenvalue weighted by molar-refractivity contribution is 5.79. The van der Waals surface area contributed by atoms with E-state index in [2.05, 4.69) is 75.7 Å². The zero-order valence-corrected chi connectivity index (χ0v) is 18.2. The Bertz CT molecular complexity index is 612. The van der Waals surface area contributed by atoms with Crippen molar-refractivity contribution in [2.24, 2.45) is 5.41 Å². The van der Waals surface area contributed by atoms with Crippen LogP contribution >= 0.6 is 0 Å². The van der Waals surface area contributed by atoms with Crippen LogP contribution in [0.1, 0.15) is 59.9 Å². The van der Waals surface area contributed by atoms with Gasteiger partial charge < -0.3 is 9.47 Å². The molecule has 0 aromatic heterocycles. The van der Waals surface area contributed by atoms with Gasteiger partial charge in [-0.15, -0.1) is 0 Å². The lowest BCUT2D eigenvalue weighted by molar-refractivity contribution is -0.519. The molecular formula is C23H39N2O2+. The molecule has 1 aliphatic rings. The van der Waals surface area contributed by atoms with E-state index in [-0.39, 0.29) is 5.41 Å².